The van der Waals surface area contributed by atoms with Crippen LogP contribution in [0.1, 0.15) is 23.4 Å². The van der Waals surface area contributed by atoms with Crippen LogP contribution in [0.4, 0.5) is 0 Å². The summed E-state index contributed by atoms with van der Waals surface area (Å²) in [6, 6.07) is 12.9. The van der Waals surface area contributed by atoms with Crippen LogP contribution in [0.15, 0.2) is 36.4 Å². The highest BCUT2D eigenvalue weighted by molar-refractivity contribution is 7.15. The maximum absolute atomic E-state index is 5.81. The molecule has 0 aliphatic heterocycles. The number of aryl methyl sites for hydroxylation is 1. The van der Waals surface area contributed by atoms with Gasteiger partial charge in [0, 0.05) is 15.8 Å². The second-order valence-corrected chi connectivity index (χ2v) is 5.11. The Labute approximate surface area is 94.6 Å². The van der Waals surface area contributed by atoms with E-state index in [0.29, 0.717) is 0 Å². The van der Waals surface area contributed by atoms with Crippen molar-refractivity contribution in [2.45, 2.75) is 19.9 Å². The van der Waals surface area contributed by atoms with E-state index in [-0.39, 0.29) is 6.04 Å². The molecule has 2 heteroatoms. The monoisotopic (exact) mass is 217 g/mol. The number of hydrogen-bond acceptors (Lipinski definition) is 2. The highest BCUT2D eigenvalue weighted by atomic mass is 32.1. The number of hydrogen-bond donors (Lipinski definition) is 1. The lowest BCUT2D eigenvalue weighted by Crippen LogP contribution is -2.04. The zero-order chi connectivity index (χ0) is 10.8. The van der Waals surface area contributed by atoms with Crippen molar-refractivity contribution in [2.75, 3.05) is 0 Å². The molecule has 0 aliphatic carbocycles. The zero-order valence-corrected chi connectivity index (χ0v) is 9.84. The molecular weight excluding hydrogens is 202 g/mol. The van der Waals surface area contributed by atoms with Gasteiger partial charge in [-0.05, 0) is 37.1 Å². The fraction of sp³-hybridized carbons (Fsp3) is 0.231. The normalized spacial score (nSPS) is 12.7. The van der Waals surface area contributed by atoms with Gasteiger partial charge in [0.1, 0.15) is 0 Å². The Balaban J connectivity index is 2.31. The minimum absolute atomic E-state index is 0.115. The lowest BCUT2D eigenvalue weighted by molar-refractivity contribution is 0.818. The first kappa shape index (κ1) is 10.4. The summed E-state index contributed by atoms with van der Waals surface area (Å²) < 4.78 is 0. The fourth-order valence-electron chi connectivity index (χ4n) is 1.54. The Morgan fingerprint density at radius 3 is 2.20 bits per heavy atom. The van der Waals surface area contributed by atoms with Gasteiger partial charge in [-0.15, -0.1) is 11.3 Å². The third kappa shape index (κ3) is 2.28. The van der Waals surface area contributed by atoms with Crippen molar-refractivity contribution in [3.05, 3.63) is 46.8 Å². The van der Waals surface area contributed by atoms with Gasteiger partial charge in [-0.2, -0.15) is 0 Å². The molecule has 0 spiro atoms. The molecule has 1 heterocycles. The largest absolute Gasteiger partial charge is 0.324 e. The van der Waals surface area contributed by atoms with E-state index in [1.165, 1.54) is 20.9 Å². The Hall–Kier alpha value is -1.12. The quantitative estimate of drug-likeness (QED) is 0.814. The Kier molecular flexibility index (Phi) is 2.89. The van der Waals surface area contributed by atoms with Gasteiger partial charge >= 0.3 is 0 Å². The Morgan fingerprint density at radius 1 is 1.07 bits per heavy atom. The van der Waals surface area contributed by atoms with Crippen LogP contribution in [-0.4, -0.2) is 0 Å². The molecular formula is C13H15NS. The third-order valence-electron chi connectivity index (χ3n) is 2.46. The number of thiophene rings is 1. The summed E-state index contributed by atoms with van der Waals surface area (Å²) in [6.45, 7) is 4.13. The molecule has 1 nitrogen and oxygen atoms in total. The average Bonchev–Trinajstić information content (AvgIpc) is 2.65. The van der Waals surface area contributed by atoms with Crippen LogP contribution in [0.25, 0.3) is 10.4 Å². The Bertz CT molecular complexity index is 440. The first-order valence-electron chi connectivity index (χ1n) is 5.09. The zero-order valence-electron chi connectivity index (χ0n) is 9.03. The number of rotatable bonds is 2. The van der Waals surface area contributed by atoms with E-state index in [1.54, 1.807) is 0 Å². The second-order valence-electron chi connectivity index (χ2n) is 3.82. The number of nitrogens with two attached hydrogens (primary N) is 1. The van der Waals surface area contributed by atoms with E-state index < -0.39 is 0 Å². The molecule has 0 aliphatic rings. The molecule has 1 aromatic heterocycles. The van der Waals surface area contributed by atoms with Crippen LogP contribution in [0.2, 0.25) is 0 Å². The summed E-state index contributed by atoms with van der Waals surface area (Å²) in [4.78, 5) is 2.67. The van der Waals surface area contributed by atoms with E-state index in [4.69, 9.17) is 5.73 Å². The van der Waals surface area contributed by atoms with Gasteiger partial charge in [0.15, 0.2) is 0 Å². The molecule has 1 atom stereocenters. The summed E-state index contributed by atoms with van der Waals surface area (Å²) in [6.07, 6.45) is 0. The molecule has 2 N–H and O–H groups in total. The predicted octanol–water partition coefficient (Wildman–Crippen LogP) is 3.74. The van der Waals surface area contributed by atoms with Crippen molar-refractivity contribution in [3.63, 3.8) is 0 Å². The first-order valence-corrected chi connectivity index (χ1v) is 5.91. The molecule has 0 saturated heterocycles. The van der Waals surface area contributed by atoms with Crippen LogP contribution in [0.5, 0.6) is 0 Å². The molecule has 0 bridgehead atoms. The highest BCUT2D eigenvalue weighted by Gasteiger charge is 2.02. The summed E-state index contributed by atoms with van der Waals surface area (Å²) in [5.41, 5.74) is 8.27. The highest BCUT2D eigenvalue weighted by Crippen LogP contribution is 2.28. The molecule has 0 saturated carbocycles. The minimum atomic E-state index is 0.115. The maximum atomic E-state index is 5.81. The van der Waals surface area contributed by atoms with E-state index in [0.717, 1.165) is 0 Å². The van der Waals surface area contributed by atoms with Gasteiger partial charge < -0.3 is 5.73 Å². The van der Waals surface area contributed by atoms with Crippen LogP contribution in [0.3, 0.4) is 0 Å². The van der Waals surface area contributed by atoms with Crippen molar-refractivity contribution in [1.82, 2.24) is 0 Å². The van der Waals surface area contributed by atoms with E-state index >= 15 is 0 Å². The second kappa shape index (κ2) is 4.17. The predicted molar refractivity (Wildman–Crippen MR) is 67.1 cm³/mol. The van der Waals surface area contributed by atoms with Crippen LogP contribution >= 0.6 is 11.3 Å². The molecule has 78 valence electrons. The van der Waals surface area contributed by atoms with Crippen molar-refractivity contribution in [3.8, 4) is 10.4 Å². The van der Waals surface area contributed by atoms with E-state index in [9.17, 15) is 0 Å². The first-order chi connectivity index (χ1) is 7.16. The summed E-state index contributed by atoms with van der Waals surface area (Å²) in [5, 5.41) is 0. The van der Waals surface area contributed by atoms with Gasteiger partial charge in [0.25, 0.3) is 0 Å². The fourth-order valence-corrected chi connectivity index (χ4v) is 2.41. The molecule has 0 fully saturated rings. The van der Waals surface area contributed by atoms with E-state index in [1.807, 2.05) is 18.3 Å². The summed E-state index contributed by atoms with van der Waals surface area (Å²) >= 11 is 1.82. The van der Waals surface area contributed by atoms with Gasteiger partial charge in [0.2, 0.25) is 0 Å². The average molecular weight is 217 g/mol. The lowest BCUT2D eigenvalue weighted by atomic mass is 10.1. The van der Waals surface area contributed by atoms with Gasteiger partial charge in [0.05, 0.1) is 0 Å². The van der Waals surface area contributed by atoms with Gasteiger partial charge in [-0.1, -0.05) is 24.3 Å². The van der Waals surface area contributed by atoms with Crippen molar-refractivity contribution >= 4 is 11.3 Å². The van der Waals surface area contributed by atoms with Crippen LogP contribution in [0, 0.1) is 6.92 Å². The Morgan fingerprint density at radius 2 is 1.73 bits per heavy atom. The number of benzene rings is 1. The maximum Gasteiger partial charge on any atom is 0.0345 e. The molecule has 1 unspecified atom stereocenters. The molecule has 15 heavy (non-hydrogen) atoms. The van der Waals surface area contributed by atoms with E-state index in [2.05, 4.69) is 43.3 Å². The van der Waals surface area contributed by atoms with Gasteiger partial charge in [-0.25, -0.2) is 0 Å². The minimum Gasteiger partial charge on any atom is -0.324 e. The van der Waals surface area contributed by atoms with Crippen LogP contribution < -0.4 is 5.73 Å². The van der Waals surface area contributed by atoms with Crippen LogP contribution in [-0.2, 0) is 0 Å². The lowest BCUT2D eigenvalue weighted by Gasteiger charge is -2.05. The molecule has 1 aromatic carbocycles. The van der Waals surface area contributed by atoms with Crippen molar-refractivity contribution < 1.29 is 0 Å². The topological polar surface area (TPSA) is 26.0 Å². The van der Waals surface area contributed by atoms with Crippen molar-refractivity contribution in [1.29, 1.82) is 0 Å². The summed E-state index contributed by atoms with van der Waals surface area (Å²) in [7, 11) is 0. The molecule has 2 rings (SSSR count). The third-order valence-corrected chi connectivity index (χ3v) is 3.51. The molecule has 2 aromatic rings. The van der Waals surface area contributed by atoms with Crippen molar-refractivity contribution in [2.24, 2.45) is 5.73 Å². The summed E-state index contributed by atoms with van der Waals surface area (Å²) in [5.74, 6) is 0. The smallest absolute Gasteiger partial charge is 0.0345 e. The SMILES string of the molecule is Cc1ccc(-c2ccc(C(C)N)cc2)s1. The molecule has 0 amide bonds. The standard InChI is InChI=1S/C13H15NS/c1-9-3-8-13(15-9)12-6-4-11(5-7-12)10(2)14/h3-8,10H,14H2,1-2H3. The molecule has 0 radical (unpaired) electrons. The van der Waals surface area contributed by atoms with Gasteiger partial charge in [-0.3, -0.25) is 0 Å².